The number of primary amides is 1. The van der Waals surface area contributed by atoms with Crippen LogP contribution in [0.2, 0.25) is 0 Å². The Balaban J connectivity index is 2.21. The van der Waals surface area contributed by atoms with Crippen LogP contribution in [0, 0.1) is 0 Å². The number of aromatic nitrogens is 2. The molecule has 194 valence electrons. The molecule has 1 saturated heterocycles. The van der Waals surface area contributed by atoms with E-state index in [2.05, 4.69) is 4.74 Å². The Hall–Kier alpha value is -3.84. The fourth-order valence-electron chi connectivity index (χ4n) is 3.21. The number of nitrogens with two attached hydrogens (primary N) is 2. The third-order valence-corrected chi connectivity index (χ3v) is 4.92. The second-order valence-corrected chi connectivity index (χ2v) is 7.44. The molecule has 0 aromatic carbocycles. The van der Waals surface area contributed by atoms with Gasteiger partial charge < -0.3 is 51.8 Å². The first kappa shape index (κ1) is 27.4. The number of carbonyl (C=O) groups is 4. The molecule has 0 bridgehead atoms. The monoisotopic (exact) mass is 505 g/mol. The zero-order chi connectivity index (χ0) is 26.6. The number of hydrogen-bond acceptors (Lipinski definition) is 12. The smallest absolute Gasteiger partial charge is 0.404 e. The van der Waals surface area contributed by atoms with Crippen molar-refractivity contribution in [2.45, 2.75) is 49.1 Å². The van der Waals surface area contributed by atoms with Crippen molar-refractivity contribution in [3.05, 3.63) is 32.6 Å². The lowest BCUT2D eigenvalue weighted by Crippen LogP contribution is -2.56. The number of carbonyl (C=O) groups excluding carboxylic acids is 2. The summed E-state index contributed by atoms with van der Waals surface area (Å²) in [4.78, 5) is 71.2. The lowest BCUT2D eigenvalue weighted by molar-refractivity contribution is -0.149. The molecule has 1 aliphatic heterocycles. The number of H-pyrrole nitrogens is 1. The zero-order valence-corrected chi connectivity index (χ0v) is 17.6. The van der Waals surface area contributed by atoms with Gasteiger partial charge in [0.05, 0.1) is 12.1 Å². The van der Waals surface area contributed by atoms with Crippen molar-refractivity contribution in [3.63, 3.8) is 0 Å². The van der Waals surface area contributed by atoms with Crippen LogP contribution in [0.5, 0.6) is 0 Å². The summed E-state index contributed by atoms with van der Waals surface area (Å²) in [6.45, 7) is -0.594. The standard InChI is InChI=1S/C17H23N5O13/c18-6(1-4(23)3-34-16(19)32)12(27)20-7(15(30)31)10-8(24)9(25)13(35-10)22-2-5(14(28)29)11(26)21-17(22)33/h2,4,6-10,13,23-25H,1,3,18H2,(H2,19,32)(H,20,27)(H,28,29)(H,30,31)(H,21,26,33)/t4?,6?,7?,8-,9+,10+,13+/m0/s1. The summed E-state index contributed by atoms with van der Waals surface area (Å²) in [5.41, 5.74) is 6.95. The van der Waals surface area contributed by atoms with E-state index >= 15 is 0 Å². The highest BCUT2D eigenvalue weighted by atomic mass is 16.6. The molecule has 2 amide bonds. The number of rotatable bonds is 10. The van der Waals surface area contributed by atoms with Crippen LogP contribution in [-0.4, -0.2) is 102 Å². The summed E-state index contributed by atoms with van der Waals surface area (Å²) in [5, 5.41) is 50.9. The maximum absolute atomic E-state index is 12.3. The molecule has 11 N–H and O–H groups in total. The van der Waals surface area contributed by atoms with Gasteiger partial charge >= 0.3 is 23.7 Å². The number of nitrogens with zero attached hydrogens (tertiary/aromatic N) is 1. The van der Waals surface area contributed by atoms with E-state index in [-0.39, 0.29) is 0 Å². The van der Waals surface area contributed by atoms with Gasteiger partial charge in [0, 0.05) is 12.6 Å². The van der Waals surface area contributed by atoms with E-state index in [4.69, 9.17) is 21.3 Å². The Kier molecular flexibility index (Phi) is 8.66. The molecule has 2 rings (SSSR count). The average Bonchev–Trinajstić information content (AvgIpc) is 3.04. The number of aliphatic hydroxyl groups is 3. The van der Waals surface area contributed by atoms with Crippen molar-refractivity contribution in [3.8, 4) is 0 Å². The second kappa shape index (κ2) is 11.1. The lowest BCUT2D eigenvalue weighted by atomic mass is 10.0. The van der Waals surface area contributed by atoms with Crippen LogP contribution in [-0.2, 0) is 19.1 Å². The SMILES string of the molecule is NC(=O)OCC(O)CC(N)C(=O)NC(C(=O)O)[C@H]1O[C@@H](n2cc(C(=O)O)c(=O)[nH]c2=O)[C@H](O)[C@@H]1O. The van der Waals surface area contributed by atoms with Gasteiger partial charge in [-0.15, -0.1) is 0 Å². The van der Waals surface area contributed by atoms with E-state index in [1.54, 1.807) is 4.98 Å². The molecule has 0 aliphatic carbocycles. The minimum atomic E-state index is -2.04. The van der Waals surface area contributed by atoms with Crippen molar-refractivity contribution in [2.24, 2.45) is 11.5 Å². The Morgan fingerprint density at radius 1 is 1.20 bits per heavy atom. The zero-order valence-electron chi connectivity index (χ0n) is 17.6. The van der Waals surface area contributed by atoms with Crippen molar-refractivity contribution >= 4 is 23.9 Å². The summed E-state index contributed by atoms with van der Waals surface area (Å²) >= 11 is 0. The first-order valence-corrected chi connectivity index (χ1v) is 9.74. The number of aromatic carboxylic acids is 1. The lowest BCUT2D eigenvalue weighted by Gasteiger charge is -2.25. The number of hydrogen-bond donors (Lipinski definition) is 9. The fourth-order valence-corrected chi connectivity index (χ4v) is 3.21. The molecule has 0 radical (unpaired) electrons. The molecule has 1 fully saturated rings. The first-order valence-electron chi connectivity index (χ1n) is 9.74. The Bertz CT molecular complexity index is 1100. The van der Waals surface area contributed by atoms with Crippen LogP contribution in [0.25, 0.3) is 0 Å². The van der Waals surface area contributed by atoms with Crippen LogP contribution in [0.15, 0.2) is 15.8 Å². The van der Waals surface area contributed by atoms with Crippen LogP contribution >= 0.6 is 0 Å². The molecule has 7 atom stereocenters. The molecule has 18 heteroatoms. The van der Waals surface area contributed by atoms with Gasteiger partial charge in [-0.3, -0.25) is 19.1 Å². The quantitative estimate of drug-likeness (QED) is 0.143. The van der Waals surface area contributed by atoms with Gasteiger partial charge in [0.2, 0.25) is 5.91 Å². The number of aliphatic hydroxyl groups excluding tert-OH is 3. The van der Waals surface area contributed by atoms with Gasteiger partial charge in [-0.05, 0) is 0 Å². The molecule has 18 nitrogen and oxygen atoms in total. The number of aromatic amines is 1. The predicted octanol–water partition coefficient (Wildman–Crippen LogP) is -5.40. The fraction of sp³-hybridized carbons (Fsp3) is 0.529. The molecule has 35 heavy (non-hydrogen) atoms. The Morgan fingerprint density at radius 3 is 2.37 bits per heavy atom. The van der Waals surface area contributed by atoms with Crippen molar-refractivity contribution in [1.82, 2.24) is 14.9 Å². The van der Waals surface area contributed by atoms with Crippen LogP contribution in [0.3, 0.4) is 0 Å². The van der Waals surface area contributed by atoms with E-state index in [0.717, 1.165) is 0 Å². The summed E-state index contributed by atoms with van der Waals surface area (Å²) in [6, 6.07) is -3.57. The molecule has 1 aromatic rings. The minimum absolute atomic E-state index is 0.431. The topological polar surface area (TPSA) is 307 Å². The molecule has 1 aliphatic rings. The van der Waals surface area contributed by atoms with Crippen molar-refractivity contribution in [1.29, 1.82) is 0 Å². The predicted molar refractivity (Wildman–Crippen MR) is 108 cm³/mol. The van der Waals surface area contributed by atoms with Crippen molar-refractivity contribution in [2.75, 3.05) is 6.61 Å². The molecule has 2 heterocycles. The number of nitrogens with one attached hydrogen (secondary N) is 2. The largest absolute Gasteiger partial charge is 0.480 e. The highest BCUT2D eigenvalue weighted by Gasteiger charge is 2.50. The molecule has 0 saturated carbocycles. The summed E-state index contributed by atoms with van der Waals surface area (Å²) in [5.74, 6) is -4.61. The third-order valence-electron chi connectivity index (χ3n) is 4.92. The van der Waals surface area contributed by atoms with E-state index < -0.39 is 96.5 Å². The molecular weight excluding hydrogens is 482 g/mol. The van der Waals surface area contributed by atoms with Gasteiger partial charge in [0.1, 0.15) is 30.5 Å². The van der Waals surface area contributed by atoms with E-state index in [1.165, 1.54) is 0 Å². The van der Waals surface area contributed by atoms with Gasteiger partial charge in [-0.2, -0.15) is 0 Å². The van der Waals surface area contributed by atoms with E-state index in [1.807, 2.05) is 5.32 Å². The maximum atomic E-state index is 12.3. The average molecular weight is 505 g/mol. The second-order valence-electron chi connectivity index (χ2n) is 7.44. The first-order chi connectivity index (χ1) is 16.2. The van der Waals surface area contributed by atoms with Gasteiger partial charge in [-0.25, -0.2) is 19.2 Å². The van der Waals surface area contributed by atoms with Crippen LogP contribution in [0.4, 0.5) is 4.79 Å². The number of ether oxygens (including phenoxy) is 2. The number of amides is 2. The minimum Gasteiger partial charge on any atom is -0.480 e. The van der Waals surface area contributed by atoms with Crippen LogP contribution in [0.1, 0.15) is 23.0 Å². The normalized spacial score (nSPS) is 24.2. The highest BCUT2D eigenvalue weighted by Crippen LogP contribution is 2.30. The number of carboxylic acids is 2. The van der Waals surface area contributed by atoms with E-state index in [0.29, 0.717) is 10.8 Å². The van der Waals surface area contributed by atoms with Gasteiger partial charge in [0.15, 0.2) is 12.3 Å². The summed E-state index contributed by atoms with van der Waals surface area (Å²) in [6.07, 6.45) is -10.3. The highest BCUT2D eigenvalue weighted by molar-refractivity contribution is 5.87. The van der Waals surface area contributed by atoms with E-state index in [9.17, 15) is 49.2 Å². The maximum Gasteiger partial charge on any atom is 0.404 e. The van der Waals surface area contributed by atoms with Gasteiger partial charge in [-0.1, -0.05) is 0 Å². The summed E-state index contributed by atoms with van der Waals surface area (Å²) in [7, 11) is 0. The molecule has 0 spiro atoms. The molecule has 3 unspecified atom stereocenters. The Labute approximate surface area is 193 Å². The van der Waals surface area contributed by atoms with Crippen molar-refractivity contribution < 1.29 is 54.2 Å². The summed E-state index contributed by atoms with van der Waals surface area (Å²) < 4.78 is 10.0. The molecular formula is C17H23N5O13. The van der Waals surface area contributed by atoms with Gasteiger partial charge in [0.25, 0.3) is 5.56 Å². The number of carboxylic acid groups (broad SMARTS) is 2. The third kappa shape index (κ3) is 6.39. The Morgan fingerprint density at radius 2 is 1.83 bits per heavy atom. The van der Waals surface area contributed by atoms with Crippen LogP contribution < -0.4 is 28.0 Å². The number of aliphatic carboxylic acids is 1. The molecule has 1 aromatic heterocycles.